The number of hydrogen-bond acceptors (Lipinski definition) is 5. The first-order valence-corrected chi connectivity index (χ1v) is 11.1. The molecular formula is C28H25NO5. The Hall–Kier alpha value is -4.19. The molecule has 3 aromatic carbocycles. The Kier molecular flexibility index (Phi) is 6.59. The molecule has 172 valence electrons. The van der Waals surface area contributed by atoms with Crippen molar-refractivity contribution in [3.05, 3.63) is 99.2 Å². The number of amides is 1. The maximum atomic E-state index is 13.0. The minimum atomic E-state index is -0.743. The number of anilines is 1. The zero-order chi connectivity index (χ0) is 24.2. The third-order valence-corrected chi connectivity index (χ3v) is 5.74. The number of benzene rings is 3. The van der Waals surface area contributed by atoms with Crippen LogP contribution in [-0.2, 0) is 16.0 Å². The second-order valence-electron chi connectivity index (χ2n) is 8.02. The molecular weight excluding hydrogens is 430 g/mol. The maximum Gasteiger partial charge on any atom is 0.342 e. The van der Waals surface area contributed by atoms with Gasteiger partial charge in [-0.25, -0.2) is 4.79 Å². The Balaban J connectivity index is 1.60. The summed E-state index contributed by atoms with van der Waals surface area (Å²) in [5.74, 6) is -0.796. The second-order valence-corrected chi connectivity index (χ2v) is 8.02. The molecule has 1 N–H and O–H groups in total. The van der Waals surface area contributed by atoms with Gasteiger partial charge < -0.3 is 14.5 Å². The Morgan fingerprint density at radius 2 is 1.68 bits per heavy atom. The molecule has 34 heavy (non-hydrogen) atoms. The van der Waals surface area contributed by atoms with Gasteiger partial charge in [-0.15, -0.1) is 0 Å². The molecule has 0 spiro atoms. The van der Waals surface area contributed by atoms with Gasteiger partial charge in [0, 0.05) is 16.8 Å². The predicted octanol–water partition coefficient (Wildman–Crippen LogP) is 5.43. The predicted molar refractivity (Wildman–Crippen MR) is 132 cm³/mol. The van der Waals surface area contributed by atoms with Crippen molar-refractivity contribution < 1.29 is 18.7 Å². The number of carbonyl (C=O) groups excluding carboxylic acids is 2. The molecule has 1 heterocycles. The molecule has 0 saturated heterocycles. The molecule has 0 radical (unpaired) electrons. The number of ether oxygens (including phenoxy) is 1. The third-order valence-electron chi connectivity index (χ3n) is 5.74. The van der Waals surface area contributed by atoms with Gasteiger partial charge in [-0.05, 0) is 43.5 Å². The summed E-state index contributed by atoms with van der Waals surface area (Å²) in [6, 6.07) is 19.7. The van der Waals surface area contributed by atoms with Crippen LogP contribution in [0, 0.1) is 13.8 Å². The van der Waals surface area contributed by atoms with E-state index < -0.39 is 18.5 Å². The molecule has 0 aliphatic heterocycles. The lowest BCUT2D eigenvalue weighted by atomic mass is 10.0. The molecule has 0 aliphatic rings. The zero-order valence-corrected chi connectivity index (χ0v) is 19.3. The van der Waals surface area contributed by atoms with E-state index >= 15 is 0 Å². The van der Waals surface area contributed by atoms with Gasteiger partial charge in [0.1, 0.15) is 11.3 Å². The standard InChI is InChI=1S/C28H25NO5/c1-4-19-13-8-10-17(2)24(19)29-23(30)16-33-28(32)22-15-9-14-21-25(31)18(3)26(34-27(21)22)20-11-6-5-7-12-20/h5-15H,4,16H2,1-3H3,(H,29,30). The molecule has 0 bridgehead atoms. The number of aryl methyl sites for hydroxylation is 2. The molecule has 0 aliphatic carbocycles. The first-order chi connectivity index (χ1) is 16.4. The van der Waals surface area contributed by atoms with Crippen molar-refractivity contribution in [1.82, 2.24) is 0 Å². The van der Waals surface area contributed by atoms with Gasteiger partial charge in [0.2, 0.25) is 0 Å². The van der Waals surface area contributed by atoms with Crippen molar-refractivity contribution in [3.8, 4) is 11.3 Å². The van der Waals surface area contributed by atoms with Crippen LogP contribution in [0.25, 0.3) is 22.3 Å². The Morgan fingerprint density at radius 1 is 0.941 bits per heavy atom. The van der Waals surface area contributed by atoms with Crippen LogP contribution in [0.5, 0.6) is 0 Å². The summed E-state index contributed by atoms with van der Waals surface area (Å²) >= 11 is 0. The normalized spacial score (nSPS) is 10.8. The summed E-state index contributed by atoms with van der Waals surface area (Å²) in [7, 11) is 0. The van der Waals surface area contributed by atoms with E-state index in [1.165, 1.54) is 6.07 Å². The average Bonchev–Trinajstić information content (AvgIpc) is 2.86. The second kappa shape index (κ2) is 9.75. The lowest BCUT2D eigenvalue weighted by Gasteiger charge is -2.13. The highest BCUT2D eigenvalue weighted by Crippen LogP contribution is 2.27. The fourth-order valence-electron chi connectivity index (χ4n) is 3.92. The first kappa shape index (κ1) is 23.0. The van der Waals surface area contributed by atoms with Crippen molar-refractivity contribution in [2.75, 3.05) is 11.9 Å². The lowest BCUT2D eigenvalue weighted by molar-refractivity contribution is -0.119. The van der Waals surface area contributed by atoms with Gasteiger partial charge >= 0.3 is 5.97 Å². The van der Waals surface area contributed by atoms with Gasteiger partial charge in [-0.3, -0.25) is 9.59 Å². The number of nitrogens with one attached hydrogen (secondary N) is 1. The van der Waals surface area contributed by atoms with Gasteiger partial charge in [0.25, 0.3) is 5.91 Å². The molecule has 0 saturated carbocycles. The molecule has 4 aromatic rings. The Morgan fingerprint density at radius 3 is 2.41 bits per heavy atom. The average molecular weight is 456 g/mol. The zero-order valence-electron chi connectivity index (χ0n) is 19.3. The largest absolute Gasteiger partial charge is 0.455 e. The van der Waals surface area contributed by atoms with Crippen molar-refractivity contribution in [3.63, 3.8) is 0 Å². The van der Waals surface area contributed by atoms with Crippen LogP contribution in [0.2, 0.25) is 0 Å². The van der Waals surface area contributed by atoms with E-state index in [4.69, 9.17) is 9.15 Å². The highest BCUT2D eigenvalue weighted by molar-refractivity contribution is 6.03. The number of fused-ring (bicyclic) bond motifs is 1. The fourth-order valence-corrected chi connectivity index (χ4v) is 3.92. The number of carbonyl (C=O) groups is 2. The quantitative estimate of drug-likeness (QED) is 0.392. The topological polar surface area (TPSA) is 85.6 Å². The summed E-state index contributed by atoms with van der Waals surface area (Å²) < 4.78 is 11.3. The van der Waals surface area contributed by atoms with Crippen LogP contribution in [0.1, 0.15) is 34.0 Å². The van der Waals surface area contributed by atoms with Crippen molar-refractivity contribution >= 4 is 28.5 Å². The van der Waals surface area contributed by atoms with E-state index in [9.17, 15) is 14.4 Å². The molecule has 0 unspecified atom stereocenters. The third kappa shape index (κ3) is 4.48. The lowest BCUT2D eigenvalue weighted by Crippen LogP contribution is -2.22. The van der Waals surface area contributed by atoms with E-state index in [-0.39, 0.29) is 22.0 Å². The van der Waals surface area contributed by atoms with E-state index in [1.807, 2.05) is 62.4 Å². The van der Waals surface area contributed by atoms with Crippen LogP contribution in [-0.4, -0.2) is 18.5 Å². The SMILES string of the molecule is CCc1cccc(C)c1NC(=O)COC(=O)c1cccc2c(=O)c(C)c(-c3ccccc3)oc12. The summed E-state index contributed by atoms with van der Waals surface area (Å²) in [6.45, 7) is 5.14. The number of para-hydroxylation sites is 2. The molecule has 6 heteroatoms. The highest BCUT2D eigenvalue weighted by Gasteiger charge is 2.20. The number of hydrogen-bond donors (Lipinski definition) is 1. The van der Waals surface area contributed by atoms with Crippen LogP contribution < -0.4 is 10.7 Å². The van der Waals surface area contributed by atoms with Gasteiger partial charge in [0.05, 0.1) is 5.39 Å². The Bertz CT molecular complexity index is 1440. The maximum absolute atomic E-state index is 13.0. The molecule has 1 amide bonds. The monoisotopic (exact) mass is 455 g/mol. The minimum Gasteiger partial charge on any atom is -0.455 e. The minimum absolute atomic E-state index is 0.0877. The smallest absolute Gasteiger partial charge is 0.342 e. The molecule has 4 rings (SSSR count). The molecule has 1 aromatic heterocycles. The van der Waals surface area contributed by atoms with E-state index in [2.05, 4.69) is 5.32 Å². The van der Waals surface area contributed by atoms with Crippen LogP contribution in [0.4, 0.5) is 5.69 Å². The van der Waals surface area contributed by atoms with Crippen LogP contribution >= 0.6 is 0 Å². The molecule has 0 fully saturated rings. The highest BCUT2D eigenvalue weighted by atomic mass is 16.5. The number of rotatable bonds is 6. The van der Waals surface area contributed by atoms with Crippen molar-refractivity contribution in [1.29, 1.82) is 0 Å². The summed E-state index contributed by atoms with van der Waals surface area (Å²) in [5.41, 5.74) is 3.83. The number of esters is 1. The van der Waals surface area contributed by atoms with E-state index in [1.54, 1.807) is 19.1 Å². The summed E-state index contributed by atoms with van der Waals surface area (Å²) in [5, 5.41) is 3.11. The van der Waals surface area contributed by atoms with Crippen LogP contribution in [0.3, 0.4) is 0 Å². The van der Waals surface area contributed by atoms with Crippen LogP contribution in [0.15, 0.2) is 75.9 Å². The van der Waals surface area contributed by atoms with E-state index in [0.29, 0.717) is 11.3 Å². The summed E-state index contributed by atoms with van der Waals surface area (Å²) in [4.78, 5) is 38.4. The summed E-state index contributed by atoms with van der Waals surface area (Å²) in [6.07, 6.45) is 0.759. The van der Waals surface area contributed by atoms with Gasteiger partial charge in [-0.2, -0.15) is 0 Å². The van der Waals surface area contributed by atoms with Crippen molar-refractivity contribution in [2.45, 2.75) is 27.2 Å². The first-order valence-electron chi connectivity index (χ1n) is 11.1. The van der Waals surface area contributed by atoms with Crippen molar-refractivity contribution in [2.24, 2.45) is 0 Å². The Labute approximate surface area is 197 Å². The van der Waals surface area contributed by atoms with Gasteiger partial charge in [-0.1, -0.05) is 61.5 Å². The van der Waals surface area contributed by atoms with E-state index in [0.717, 1.165) is 28.8 Å². The van der Waals surface area contributed by atoms with Gasteiger partial charge in [0.15, 0.2) is 17.6 Å². The fraction of sp³-hybridized carbons (Fsp3) is 0.179. The molecule has 6 nitrogen and oxygen atoms in total. The molecule has 0 atom stereocenters.